The van der Waals surface area contributed by atoms with Crippen LogP contribution in [0.25, 0.3) is 21.7 Å². The molecule has 6 atom stereocenters. The summed E-state index contributed by atoms with van der Waals surface area (Å²) in [5.41, 5.74) is 14.0. The number of nitrogens with two attached hydrogens (primary N) is 1. The quantitative estimate of drug-likeness (QED) is 0.0612. The number of phenolic OH excluding ortho intramolecular Hbond substituents is 1. The van der Waals surface area contributed by atoms with Crippen LogP contribution in [0.15, 0.2) is 89.0 Å². The van der Waals surface area contributed by atoms with Crippen LogP contribution in [-0.2, 0) is 14.3 Å². The maximum atomic E-state index is 14.3. The number of fused-ring (bicyclic) bond motifs is 2. The van der Waals surface area contributed by atoms with E-state index >= 15 is 0 Å². The number of para-hydroxylation sites is 1. The molecule has 5 aliphatic rings. The number of thiazole rings is 1. The van der Waals surface area contributed by atoms with E-state index in [4.69, 9.17) is 24.5 Å². The van der Waals surface area contributed by atoms with Gasteiger partial charge >= 0.3 is 0 Å². The normalized spacial score (nSPS) is 23.3. The van der Waals surface area contributed by atoms with E-state index in [-0.39, 0.29) is 73.4 Å². The number of aryl methyl sites for hydroxylation is 1. The number of benzene rings is 2. The third-order valence-corrected chi connectivity index (χ3v) is 17.1. The predicted molar refractivity (Wildman–Crippen MR) is 293 cm³/mol. The van der Waals surface area contributed by atoms with Crippen LogP contribution in [0.1, 0.15) is 87.8 Å². The van der Waals surface area contributed by atoms with Gasteiger partial charge in [-0.05, 0) is 79.1 Å². The highest BCUT2D eigenvalue weighted by atomic mass is 32.1. The lowest BCUT2D eigenvalue weighted by atomic mass is 9.91. The highest BCUT2D eigenvalue weighted by Gasteiger charge is 2.45. The van der Waals surface area contributed by atoms with Gasteiger partial charge in [0.05, 0.1) is 58.4 Å². The summed E-state index contributed by atoms with van der Waals surface area (Å²) >= 11 is 1.55. The molecule has 11 rings (SSSR count). The number of nitrogens with zero attached hydrogens (tertiary/aromatic N) is 9. The summed E-state index contributed by atoms with van der Waals surface area (Å²) < 4.78 is 24.7. The molecule has 1 unspecified atom stereocenters. The Labute approximate surface area is 457 Å². The Hall–Kier alpha value is -6.91. The molecule has 20 nitrogen and oxygen atoms in total. The van der Waals surface area contributed by atoms with Crippen LogP contribution in [0.5, 0.6) is 17.5 Å². The first kappa shape index (κ1) is 53.1. The molecule has 2 bridgehead atoms. The summed E-state index contributed by atoms with van der Waals surface area (Å²) in [6.45, 7) is 9.80. The number of hydrogen-bond acceptors (Lipinski definition) is 19. The van der Waals surface area contributed by atoms with Crippen LogP contribution in [0.4, 0.5) is 17.2 Å². The number of rotatable bonds is 19. The van der Waals surface area contributed by atoms with Gasteiger partial charge in [-0.15, -0.1) is 21.5 Å². The molecule has 412 valence electrons. The summed E-state index contributed by atoms with van der Waals surface area (Å²) in [5, 5.41) is 47.1. The van der Waals surface area contributed by atoms with E-state index in [1.54, 1.807) is 35.0 Å². The van der Waals surface area contributed by atoms with E-state index < -0.39 is 30.0 Å². The Morgan fingerprint density at radius 3 is 2.38 bits per heavy atom. The number of pyridine rings is 1. The predicted octanol–water partition coefficient (Wildman–Crippen LogP) is 6.12. The van der Waals surface area contributed by atoms with Crippen LogP contribution in [0.3, 0.4) is 0 Å². The number of ether oxygens (including phenoxy) is 3. The maximum Gasteiger partial charge on any atom is 0.254 e. The molecule has 0 spiro atoms. The highest BCUT2D eigenvalue weighted by molar-refractivity contribution is 7.13. The zero-order chi connectivity index (χ0) is 54.0. The van der Waals surface area contributed by atoms with Gasteiger partial charge in [-0.2, -0.15) is 0 Å². The van der Waals surface area contributed by atoms with Crippen LogP contribution >= 0.6 is 11.3 Å². The average Bonchev–Trinajstić information content (AvgIpc) is 4.26. The lowest BCUT2D eigenvalue weighted by Crippen LogP contribution is -2.54. The first-order valence-electron chi connectivity index (χ1n) is 27.3. The second-order valence-corrected chi connectivity index (χ2v) is 22.6. The summed E-state index contributed by atoms with van der Waals surface area (Å²) in [6.07, 6.45) is 7.00. The van der Waals surface area contributed by atoms with Crippen molar-refractivity contribution < 1.29 is 43.6 Å². The molecular weight excluding hydrogens is 1010 g/mol. The fraction of sp³-hybridized carbons (Fsp3) is 0.491. The number of nitrogen functional groups attached to an aromatic ring is 1. The van der Waals surface area contributed by atoms with Crippen molar-refractivity contribution in [1.29, 1.82) is 0 Å². The summed E-state index contributed by atoms with van der Waals surface area (Å²) in [5.74, 6) is -0.0271. The van der Waals surface area contributed by atoms with Crippen LogP contribution < -0.4 is 30.3 Å². The Morgan fingerprint density at radius 1 is 0.897 bits per heavy atom. The fourth-order valence-corrected chi connectivity index (χ4v) is 12.8. The van der Waals surface area contributed by atoms with Crippen molar-refractivity contribution in [2.24, 2.45) is 5.92 Å². The molecule has 8 heterocycles. The number of aromatic nitrogens is 5. The third-order valence-electron chi connectivity index (χ3n) is 16.2. The number of amides is 2. The van der Waals surface area contributed by atoms with Gasteiger partial charge in [0.2, 0.25) is 17.7 Å². The maximum absolute atomic E-state index is 14.3. The van der Waals surface area contributed by atoms with Crippen molar-refractivity contribution in [3.63, 3.8) is 0 Å². The average molecular weight is 1080 g/mol. The minimum atomic E-state index is -0.939. The Kier molecular flexibility index (Phi) is 15.8. The van der Waals surface area contributed by atoms with E-state index in [9.17, 15) is 24.9 Å². The SMILES string of the molecule is Cc1ncsc1-c1ccc([C@H](CO)NC(=O)[C@@H]2C[C@@H](O)CN2C(=O)[C@H](c2cc(OCCN3CCC(OC4CC(Oc5cc(N6C7CC[C@@H]6CN(c6cc(-c8ccccc8O)nnc6N)C7)ccn5)C4)CC3)no2)C(C)C)cc1. The van der Waals surface area contributed by atoms with Crippen LogP contribution in [-0.4, -0.2) is 157 Å². The lowest BCUT2D eigenvalue weighted by Gasteiger charge is -2.43. The minimum absolute atomic E-state index is 0.00727. The molecule has 6 N–H and O–H groups in total. The second-order valence-electron chi connectivity index (χ2n) is 21.7. The zero-order valence-corrected chi connectivity index (χ0v) is 45.1. The second kappa shape index (κ2) is 23.2. The smallest absolute Gasteiger partial charge is 0.254 e. The highest BCUT2D eigenvalue weighted by Crippen LogP contribution is 2.41. The molecular formula is C57H69N11O9S. The van der Waals surface area contributed by atoms with E-state index in [0.29, 0.717) is 47.4 Å². The lowest BCUT2D eigenvalue weighted by molar-refractivity contribution is -0.141. The number of aliphatic hydroxyl groups is 2. The molecule has 1 aliphatic carbocycles. The Balaban J connectivity index is 0.604. The number of piperidine rings is 1. The molecule has 4 aromatic heterocycles. The van der Waals surface area contributed by atoms with Gasteiger partial charge in [-0.3, -0.25) is 14.5 Å². The number of aliphatic hydroxyl groups excluding tert-OH is 2. The molecule has 6 aromatic rings. The Bertz CT molecular complexity index is 3020. The molecule has 21 heteroatoms. The van der Waals surface area contributed by atoms with Crippen molar-refractivity contribution in [2.45, 2.75) is 120 Å². The fourth-order valence-electron chi connectivity index (χ4n) is 12.0. The number of likely N-dealkylation sites (tertiary alicyclic amines) is 2. The number of piperazine rings is 1. The van der Waals surface area contributed by atoms with Crippen LogP contribution in [0.2, 0.25) is 0 Å². The largest absolute Gasteiger partial charge is 0.507 e. The van der Waals surface area contributed by atoms with E-state index in [0.717, 1.165) is 92.2 Å². The van der Waals surface area contributed by atoms with Gasteiger partial charge in [0.15, 0.2) is 11.6 Å². The van der Waals surface area contributed by atoms with Crippen molar-refractivity contribution in [3.8, 4) is 39.2 Å². The summed E-state index contributed by atoms with van der Waals surface area (Å²) in [4.78, 5) is 46.6. The molecule has 2 aromatic carbocycles. The Morgan fingerprint density at radius 2 is 1.67 bits per heavy atom. The van der Waals surface area contributed by atoms with Crippen molar-refractivity contribution in [1.82, 2.24) is 40.4 Å². The van der Waals surface area contributed by atoms with Crippen molar-refractivity contribution in [2.75, 3.05) is 68.0 Å². The molecule has 5 fully saturated rings. The van der Waals surface area contributed by atoms with Crippen LogP contribution in [0, 0.1) is 12.8 Å². The minimum Gasteiger partial charge on any atom is -0.507 e. The number of phenols is 1. The number of β-amino-alcohol motifs (C(OH)–C–C–N with tert-alkyl or cyclic N) is 1. The first-order chi connectivity index (χ1) is 37.8. The summed E-state index contributed by atoms with van der Waals surface area (Å²) in [6, 6.07) is 21.4. The monoisotopic (exact) mass is 1080 g/mol. The molecule has 4 aliphatic heterocycles. The van der Waals surface area contributed by atoms with Crippen molar-refractivity contribution >= 4 is 40.3 Å². The van der Waals surface area contributed by atoms with Gasteiger partial charge in [-0.25, -0.2) is 9.97 Å². The van der Waals surface area contributed by atoms with Gasteiger partial charge in [0, 0.05) is 100 Å². The first-order valence-corrected chi connectivity index (χ1v) is 28.2. The zero-order valence-electron chi connectivity index (χ0n) is 44.3. The molecule has 4 saturated heterocycles. The van der Waals surface area contributed by atoms with E-state index in [1.807, 2.05) is 69.4 Å². The third kappa shape index (κ3) is 11.5. The molecule has 0 radical (unpaired) electrons. The molecule has 1 saturated carbocycles. The number of carbonyl (C=O) groups excluding carboxylic acids is 2. The van der Waals surface area contributed by atoms with Gasteiger partial charge in [0.25, 0.3) is 5.88 Å². The standard InChI is InChI=1S/C57H69N11O9S/c1-33(2)53(57(73)67-30-40(70)23-48(67)56(72)61-46(31-69)35-8-10-36(11-9-35)54-34(3)60-32-78-54)50-27-52(64-77-50)74-21-20-65-18-15-41(16-19-65)75-42-24-43(25-42)76-51-22-37(14-17-59-51)68-38-12-13-39(68)29-66(28-38)47-26-45(62-63-55(47)58)44-6-4-5-7-49(44)71/h4-11,14,17,22,26-27,32-33,38-43,46,48,53,69-71H,12-13,15-16,18-21,23-25,28-31H2,1-3H3,(H2,58,63)(H,61,72)/t38-,39?,40-,42?,43?,46+,48+,53+/m1/s1. The number of nitrogens with one attached hydrogen (secondary N) is 1. The number of anilines is 3. The van der Waals surface area contributed by atoms with E-state index in [1.165, 1.54) is 4.90 Å². The van der Waals surface area contributed by atoms with Crippen molar-refractivity contribution in [3.05, 3.63) is 102 Å². The number of aromatic hydroxyl groups is 1. The molecule has 78 heavy (non-hydrogen) atoms. The van der Waals surface area contributed by atoms with Gasteiger partial charge in [-0.1, -0.05) is 50.2 Å². The number of hydrogen-bond donors (Lipinski definition) is 5. The number of carbonyl (C=O) groups is 2. The van der Waals surface area contributed by atoms with E-state index in [2.05, 4.69) is 57.5 Å². The topological polar surface area (TPSA) is 251 Å². The van der Waals surface area contributed by atoms with Gasteiger partial charge < -0.3 is 59.8 Å². The van der Waals surface area contributed by atoms with Gasteiger partial charge in [0.1, 0.15) is 30.4 Å². The summed E-state index contributed by atoms with van der Waals surface area (Å²) in [7, 11) is 0. The molecule has 2 amide bonds.